The molecular formula is C56H56N3OPt-. The fourth-order valence-corrected chi connectivity index (χ4v) is 7.45. The maximum atomic E-state index is 11.4. The number of nitrogens with zero attached hydrogens (tertiary/aromatic N) is 3. The second-order valence-electron chi connectivity index (χ2n) is 18.6. The number of phenols is 1. The molecule has 5 heteroatoms. The second kappa shape index (κ2) is 16.4. The number of para-hydroxylation sites is 2. The van der Waals surface area contributed by atoms with Crippen molar-refractivity contribution in [2.24, 2.45) is 0 Å². The predicted octanol–water partition coefficient (Wildman–Crippen LogP) is 14.8. The zero-order valence-corrected chi connectivity index (χ0v) is 38.3. The fourth-order valence-electron chi connectivity index (χ4n) is 7.45. The van der Waals surface area contributed by atoms with E-state index in [0.717, 1.165) is 27.8 Å². The van der Waals surface area contributed by atoms with Gasteiger partial charge in [0.25, 0.3) is 0 Å². The number of aryl methyl sites for hydroxylation is 1. The van der Waals surface area contributed by atoms with Crippen molar-refractivity contribution in [3.63, 3.8) is 0 Å². The van der Waals surface area contributed by atoms with Gasteiger partial charge >= 0.3 is 0 Å². The van der Waals surface area contributed by atoms with E-state index < -0.39 is 48.9 Å². The summed E-state index contributed by atoms with van der Waals surface area (Å²) in [6.07, 6.45) is 1.51. The number of pyridine rings is 1. The number of aromatic hydroxyl groups is 1. The molecule has 8 aromatic rings. The molecule has 0 aliphatic heterocycles. The van der Waals surface area contributed by atoms with Gasteiger partial charge in [0.2, 0.25) is 0 Å². The van der Waals surface area contributed by atoms with Crippen LogP contribution in [0.5, 0.6) is 5.75 Å². The number of phenolic OH excluding ortho intramolecular Hbond substituents is 1. The first-order chi connectivity index (χ1) is 32.4. The van der Waals surface area contributed by atoms with Gasteiger partial charge in [-0.3, -0.25) is 9.55 Å². The Balaban J connectivity index is 0.00000741. The Labute approximate surface area is 391 Å². The van der Waals surface area contributed by atoms with Crippen molar-refractivity contribution in [3.8, 4) is 67.5 Å². The average Bonchev–Trinajstić information content (AvgIpc) is 3.66. The molecular weight excluding hydrogens is 926 g/mol. The van der Waals surface area contributed by atoms with Crippen LogP contribution in [0.25, 0.3) is 72.7 Å². The summed E-state index contributed by atoms with van der Waals surface area (Å²) in [5, 5.41) is 11.4. The summed E-state index contributed by atoms with van der Waals surface area (Å²) >= 11 is 0. The molecule has 0 saturated heterocycles. The number of imidazole rings is 1. The van der Waals surface area contributed by atoms with Crippen LogP contribution >= 0.6 is 0 Å². The summed E-state index contributed by atoms with van der Waals surface area (Å²) in [6.45, 7) is 13.8. The Hall–Kier alpha value is -5.57. The molecule has 0 saturated carbocycles. The standard InChI is InChI=1S/C56H56N3O.Pt/c1-35-19-21-37(22-20-35)39-25-26-57-48(33-39)42-28-41(31-43(32-42)54(3,4)5)46-16-14-17-50-52(46)58-53(47-15-12-13-18-51(47)60)59(50)49-24-23-38(27-36(49)2)40-29-44(55(6,7)8)34-45(30-40)56(9,10)11;/h12-27,29-34,60H,1-11H3;/q-1;/i1D3,2D3,19D,20D,21D,22D;. The molecule has 0 fully saturated rings. The molecule has 6 aromatic carbocycles. The molecule has 2 aromatic heterocycles. The third-order valence-corrected chi connectivity index (χ3v) is 11.0. The number of benzene rings is 6. The van der Waals surface area contributed by atoms with Gasteiger partial charge in [0, 0.05) is 41.2 Å². The summed E-state index contributed by atoms with van der Waals surface area (Å²) in [5.74, 6) is 0.292. The number of rotatable bonds is 6. The summed E-state index contributed by atoms with van der Waals surface area (Å²) in [5.41, 5.74) is 8.01. The van der Waals surface area contributed by atoms with Crippen molar-refractivity contribution < 1.29 is 39.9 Å². The van der Waals surface area contributed by atoms with Crippen molar-refractivity contribution in [1.29, 1.82) is 0 Å². The van der Waals surface area contributed by atoms with Crippen LogP contribution in [0.2, 0.25) is 0 Å². The van der Waals surface area contributed by atoms with Crippen molar-refractivity contribution in [2.75, 3.05) is 0 Å². The minimum atomic E-state index is -2.85. The van der Waals surface area contributed by atoms with Crippen LogP contribution in [-0.2, 0) is 37.3 Å². The van der Waals surface area contributed by atoms with E-state index in [4.69, 9.17) is 18.7 Å². The summed E-state index contributed by atoms with van der Waals surface area (Å²) in [6, 6.07) is 33.1. The third-order valence-electron chi connectivity index (χ3n) is 11.0. The molecule has 0 spiro atoms. The van der Waals surface area contributed by atoms with E-state index in [1.807, 2.05) is 42.5 Å². The van der Waals surface area contributed by atoms with Gasteiger partial charge in [0.15, 0.2) is 0 Å². The van der Waals surface area contributed by atoms with E-state index in [1.165, 1.54) is 6.20 Å². The van der Waals surface area contributed by atoms with Gasteiger partial charge in [-0.05, 0) is 105 Å². The molecule has 0 unspecified atom stereocenters. The van der Waals surface area contributed by atoms with Crippen LogP contribution in [0.1, 0.15) is 104 Å². The number of hydrogen-bond acceptors (Lipinski definition) is 3. The van der Waals surface area contributed by atoms with E-state index in [0.29, 0.717) is 56.1 Å². The summed E-state index contributed by atoms with van der Waals surface area (Å²) < 4.78 is 87.0. The molecule has 312 valence electrons. The van der Waals surface area contributed by atoms with Gasteiger partial charge in [-0.15, -0.1) is 29.3 Å². The van der Waals surface area contributed by atoms with Gasteiger partial charge in [0.05, 0.1) is 27.8 Å². The fraction of sp³-hybridized carbons (Fsp3) is 0.250. The number of aromatic nitrogens is 3. The number of hydrogen-bond donors (Lipinski definition) is 1. The van der Waals surface area contributed by atoms with E-state index in [-0.39, 0.29) is 48.8 Å². The van der Waals surface area contributed by atoms with Gasteiger partial charge in [-0.2, -0.15) is 0 Å². The Bertz CT molecular complexity index is 3310. The molecule has 4 nitrogen and oxygen atoms in total. The van der Waals surface area contributed by atoms with Gasteiger partial charge < -0.3 is 5.11 Å². The van der Waals surface area contributed by atoms with Crippen LogP contribution < -0.4 is 0 Å². The van der Waals surface area contributed by atoms with E-state index in [1.54, 1.807) is 47.0 Å². The summed E-state index contributed by atoms with van der Waals surface area (Å²) in [4.78, 5) is 9.93. The minimum absolute atomic E-state index is 0. The van der Waals surface area contributed by atoms with Gasteiger partial charge in [-0.25, -0.2) is 4.98 Å². The van der Waals surface area contributed by atoms with Crippen molar-refractivity contribution in [1.82, 2.24) is 14.5 Å². The monoisotopic (exact) mass is 991 g/mol. The minimum Gasteiger partial charge on any atom is -0.507 e. The Morgan fingerprint density at radius 1 is 0.607 bits per heavy atom. The smallest absolute Gasteiger partial charge is 0.148 e. The average molecular weight is 992 g/mol. The molecule has 0 amide bonds. The van der Waals surface area contributed by atoms with Crippen LogP contribution in [0.15, 0.2) is 133 Å². The largest absolute Gasteiger partial charge is 0.507 e. The van der Waals surface area contributed by atoms with Gasteiger partial charge in [0.1, 0.15) is 11.6 Å². The van der Waals surface area contributed by atoms with Crippen LogP contribution in [0, 0.1) is 19.8 Å². The maximum absolute atomic E-state index is 11.4. The van der Waals surface area contributed by atoms with E-state index in [2.05, 4.69) is 91.6 Å². The van der Waals surface area contributed by atoms with Crippen LogP contribution in [0.4, 0.5) is 0 Å². The van der Waals surface area contributed by atoms with E-state index >= 15 is 0 Å². The van der Waals surface area contributed by atoms with Crippen LogP contribution in [-0.4, -0.2) is 19.6 Å². The molecule has 61 heavy (non-hydrogen) atoms. The molecule has 0 aliphatic carbocycles. The molecule has 0 radical (unpaired) electrons. The predicted molar refractivity (Wildman–Crippen MR) is 252 cm³/mol. The van der Waals surface area contributed by atoms with Crippen LogP contribution in [0.3, 0.4) is 0 Å². The van der Waals surface area contributed by atoms with Crippen molar-refractivity contribution in [3.05, 3.63) is 167 Å². The zero-order chi connectivity index (χ0) is 51.2. The first-order valence-corrected chi connectivity index (χ1v) is 20.2. The normalized spacial score (nSPS) is 14.9. The van der Waals surface area contributed by atoms with Gasteiger partial charge in [-0.1, -0.05) is 158 Å². The quantitative estimate of drug-likeness (QED) is 0.169. The third kappa shape index (κ3) is 8.79. The Kier molecular flexibility index (Phi) is 8.64. The molecule has 0 bridgehead atoms. The van der Waals surface area contributed by atoms with Crippen molar-refractivity contribution >= 4 is 11.0 Å². The summed E-state index contributed by atoms with van der Waals surface area (Å²) in [7, 11) is 0. The maximum Gasteiger partial charge on any atom is 0.148 e. The molecule has 0 aliphatic rings. The molecule has 1 N–H and O–H groups in total. The molecule has 0 atom stereocenters. The number of fused-ring (bicyclic) bond motifs is 1. The first-order valence-electron chi connectivity index (χ1n) is 25.2. The van der Waals surface area contributed by atoms with E-state index in [9.17, 15) is 5.11 Å². The second-order valence-corrected chi connectivity index (χ2v) is 18.6. The SMILES string of the molecule is [2H]c1c([2H])c(C([2H])([2H])[2H])c([2H])c([2H])c1-c1ccnc(-c2[c-]c(-c3cccc4c3nc(-c3ccccc3O)n4-c3ccc(-c4cc(C(C)(C)C)cc(C(C)(C)C)c4)cc3C([2H])([2H])[2H])cc(C(C)(C)C)c2)c1.[Pt]. The topological polar surface area (TPSA) is 50.9 Å². The first kappa shape index (κ1) is 32.2. The molecule has 8 rings (SSSR count). The Morgan fingerprint density at radius 3 is 1.90 bits per heavy atom. The molecule has 2 heterocycles. The van der Waals surface area contributed by atoms with Crippen molar-refractivity contribution in [2.45, 2.75) is 92.3 Å². The zero-order valence-electron chi connectivity index (χ0n) is 46.0. The Morgan fingerprint density at radius 2 is 1.25 bits per heavy atom.